The molecule has 1 saturated carbocycles. The average molecular weight is 387 g/mol. The lowest BCUT2D eigenvalue weighted by atomic mass is 9.64. The normalized spacial score (nSPS) is 21.5. The van der Waals surface area contributed by atoms with Crippen LogP contribution in [0.3, 0.4) is 0 Å². The number of aromatic nitrogens is 3. The minimum Gasteiger partial charge on any atom is -0.378 e. The third kappa shape index (κ3) is 4.63. The number of fused-ring (bicyclic) bond motifs is 1. The van der Waals surface area contributed by atoms with Crippen molar-refractivity contribution >= 4 is 11.6 Å². The number of hydrogen-bond acceptors (Lipinski definition) is 4. The maximum Gasteiger partial charge on any atom is 0.191 e. The summed E-state index contributed by atoms with van der Waals surface area (Å²) in [6, 6.07) is 6.29. The van der Waals surface area contributed by atoms with Crippen LogP contribution in [0.4, 0.5) is 0 Å². The van der Waals surface area contributed by atoms with Gasteiger partial charge in [0.1, 0.15) is 5.82 Å². The van der Waals surface area contributed by atoms with E-state index < -0.39 is 0 Å². The molecule has 0 bridgehead atoms. The van der Waals surface area contributed by atoms with E-state index in [9.17, 15) is 0 Å². The Bertz CT molecular complexity index is 784. The monoisotopic (exact) mass is 386 g/mol. The summed E-state index contributed by atoms with van der Waals surface area (Å²) >= 11 is 0. The minimum absolute atomic E-state index is 0.104. The van der Waals surface area contributed by atoms with Crippen molar-refractivity contribution in [2.45, 2.75) is 65.5 Å². The molecule has 2 N–H and O–H groups in total. The standard InChI is InChI=1S/C21H34N6O/c1-5-7-14-28-17-15-16(21(17,3)4)24-20(22-6-2)23-12-11-19-26-25-18-10-8-9-13-27(18)19/h8-10,13,16-17H,5-7,11-12,14-15H2,1-4H3,(H2,22,23,24). The number of nitrogens with zero attached hydrogens (tertiary/aromatic N) is 4. The van der Waals surface area contributed by atoms with E-state index in [0.29, 0.717) is 18.7 Å². The predicted octanol–water partition coefficient (Wildman–Crippen LogP) is 2.81. The van der Waals surface area contributed by atoms with Crippen LogP contribution >= 0.6 is 0 Å². The van der Waals surface area contributed by atoms with Gasteiger partial charge in [0.25, 0.3) is 0 Å². The van der Waals surface area contributed by atoms with Crippen LogP contribution in [-0.2, 0) is 11.2 Å². The average Bonchev–Trinajstić information content (AvgIpc) is 3.10. The number of nitrogens with one attached hydrogen (secondary N) is 2. The first-order chi connectivity index (χ1) is 13.6. The van der Waals surface area contributed by atoms with Crippen LogP contribution in [0.2, 0.25) is 0 Å². The Morgan fingerprint density at radius 3 is 2.93 bits per heavy atom. The molecule has 1 fully saturated rings. The van der Waals surface area contributed by atoms with Crippen molar-refractivity contribution in [3.8, 4) is 0 Å². The lowest BCUT2D eigenvalue weighted by Crippen LogP contribution is -2.63. The van der Waals surface area contributed by atoms with Gasteiger partial charge >= 0.3 is 0 Å². The summed E-state index contributed by atoms with van der Waals surface area (Å²) in [6.07, 6.45) is 6.39. The molecule has 0 amide bonds. The van der Waals surface area contributed by atoms with Crippen molar-refractivity contribution in [1.82, 2.24) is 25.2 Å². The Morgan fingerprint density at radius 1 is 1.32 bits per heavy atom. The van der Waals surface area contributed by atoms with Crippen LogP contribution in [-0.4, -0.2) is 52.4 Å². The fourth-order valence-electron chi connectivity index (χ4n) is 3.60. The number of guanidine groups is 1. The van der Waals surface area contributed by atoms with Gasteiger partial charge in [-0.05, 0) is 31.9 Å². The molecule has 7 nitrogen and oxygen atoms in total. The van der Waals surface area contributed by atoms with E-state index >= 15 is 0 Å². The van der Waals surface area contributed by atoms with Crippen LogP contribution < -0.4 is 10.6 Å². The molecule has 0 aliphatic heterocycles. The molecule has 1 aliphatic carbocycles. The summed E-state index contributed by atoms with van der Waals surface area (Å²) < 4.78 is 8.08. The number of unbranched alkanes of at least 4 members (excludes halogenated alkanes) is 1. The second-order valence-corrected chi connectivity index (χ2v) is 8.02. The van der Waals surface area contributed by atoms with Gasteiger partial charge in [-0.25, -0.2) is 0 Å². The van der Waals surface area contributed by atoms with Gasteiger partial charge in [0, 0.05) is 43.8 Å². The number of pyridine rings is 1. The molecule has 2 heterocycles. The summed E-state index contributed by atoms with van der Waals surface area (Å²) in [5, 5.41) is 15.4. The highest BCUT2D eigenvalue weighted by molar-refractivity contribution is 5.80. The van der Waals surface area contributed by atoms with Crippen molar-refractivity contribution in [3.63, 3.8) is 0 Å². The summed E-state index contributed by atoms with van der Waals surface area (Å²) in [5.41, 5.74) is 0.976. The smallest absolute Gasteiger partial charge is 0.191 e. The molecule has 2 aromatic heterocycles. The maximum atomic E-state index is 6.06. The number of hydrogen-bond donors (Lipinski definition) is 2. The van der Waals surface area contributed by atoms with Crippen molar-refractivity contribution in [1.29, 1.82) is 0 Å². The highest BCUT2D eigenvalue weighted by atomic mass is 16.5. The van der Waals surface area contributed by atoms with Gasteiger partial charge in [0.15, 0.2) is 11.6 Å². The van der Waals surface area contributed by atoms with Crippen molar-refractivity contribution in [2.75, 3.05) is 19.7 Å². The van der Waals surface area contributed by atoms with Gasteiger partial charge in [-0.15, -0.1) is 10.2 Å². The first kappa shape index (κ1) is 20.6. The molecular weight excluding hydrogens is 352 g/mol. The van der Waals surface area contributed by atoms with Crippen LogP contribution in [0.15, 0.2) is 29.4 Å². The Kier molecular flexibility index (Phi) is 6.88. The quantitative estimate of drug-likeness (QED) is 0.394. The zero-order chi connectivity index (χ0) is 20.0. The predicted molar refractivity (Wildman–Crippen MR) is 113 cm³/mol. The Morgan fingerprint density at radius 2 is 2.18 bits per heavy atom. The Hall–Kier alpha value is -2.15. The Labute approximate surface area is 168 Å². The van der Waals surface area contributed by atoms with E-state index in [4.69, 9.17) is 9.73 Å². The number of rotatable bonds is 9. The van der Waals surface area contributed by atoms with Crippen LogP contribution in [0, 0.1) is 5.41 Å². The summed E-state index contributed by atoms with van der Waals surface area (Å²) in [6.45, 7) is 11.2. The largest absolute Gasteiger partial charge is 0.378 e. The number of aliphatic imine (C=N–C) groups is 1. The highest BCUT2D eigenvalue weighted by Crippen LogP contribution is 2.42. The molecule has 2 atom stereocenters. The van der Waals surface area contributed by atoms with Crippen LogP contribution in [0.1, 0.15) is 52.8 Å². The summed E-state index contributed by atoms with van der Waals surface area (Å²) in [5.74, 6) is 1.80. The summed E-state index contributed by atoms with van der Waals surface area (Å²) in [4.78, 5) is 4.76. The third-order valence-electron chi connectivity index (χ3n) is 5.64. The molecule has 154 valence electrons. The van der Waals surface area contributed by atoms with E-state index in [0.717, 1.165) is 49.8 Å². The van der Waals surface area contributed by atoms with E-state index in [1.165, 1.54) is 6.42 Å². The molecule has 7 heteroatoms. The minimum atomic E-state index is 0.104. The van der Waals surface area contributed by atoms with E-state index in [1.807, 2.05) is 28.8 Å². The molecule has 3 rings (SSSR count). The number of ether oxygens (including phenoxy) is 1. The molecule has 2 aromatic rings. The van der Waals surface area contributed by atoms with Crippen molar-refractivity contribution in [3.05, 3.63) is 30.2 Å². The van der Waals surface area contributed by atoms with Crippen LogP contribution in [0.5, 0.6) is 0 Å². The zero-order valence-electron chi connectivity index (χ0n) is 17.6. The molecule has 0 saturated heterocycles. The van der Waals surface area contributed by atoms with E-state index in [1.54, 1.807) is 0 Å². The Balaban J connectivity index is 1.54. The third-order valence-corrected chi connectivity index (χ3v) is 5.64. The van der Waals surface area contributed by atoms with E-state index in [2.05, 4.69) is 48.5 Å². The fraction of sp³-hybridized carbons (Fsp3) is 0.667. The lowest BCUT2D eigenvalue weighted by molar-refractivity contribution is -0.113. The molecule has 2 unspecified atom stereocenters. The highest BCUT2D eigenvalue weighted by Gasteiger charge is 2.49. The molecule has 0 aromatic carbocycles. The molecule has 0 radical (unpaired) electrons. The van der Waals surface area contributed by atoms with E-state index in [-0.39, 0.29) is 5.41 Å². The van der Waals surface area contributed by atoms with Gasteiger partial charge in [-0.2, -0.15) is 0 Å². The first-order valence-corrected chi connectivity index (χ1v) is 10.5. The fourth-order valence-corrected chi connectivity index (χ4v) is 3.60. The molecular formula is C21H34N6O. The SMILES string of the molecule is CCCCOC1CC(NC(=NCCc2nnc3ccccn23)NCC)C1(C)C. The van der Waals surface area contributed by atoms with Crippen molar-refractivity contribution < 1.29 is 4.74 Å². The van der Waals surface area contributed by atoms with Crippen molar-refractivity contribution in [2.24, 2.45) is 10.4 Å². The molecule has 0 spiro atoms. The van der Waals surface area contributed by atoms with Gasteiger partial charge in [-0.1, -0.05) is 33.3 Å². The zero-order valence-corrected chi connectivity index (χ0v) is 17.6. The van der Waals surface area contributed by atoms with Crippen LogP contribution in [0.25, 0.3) is 5.65 Å². The second kappa shape index (κ2) is 9.37. The summed E-state index contributed by atoms with van der Waals surface area (Å²) in [7, 11) is 0. The van der Waals surface area contributed by atoms with Gasteiger partial charge in [-0.3, -0.25) is 9.39 Å². The van der Waals surface area contributed by atoms with Gasteiger partial charge < -0.3 is 15.4 Å². The molecule has 28 heavy (non-hydrogen) atoms. The van der Waals surface area contributed by atoms with Gasteiger partial charge in [0.05, 0.1) is 6.10 Å². The second-order valence-electron chi connectivity index (χ2n) is 8.02. The topological polar surface area (TPSA) is 75.8 Å². The maximum absolute atomic E-state index is 6.06. The first-order valence-electron chi connectivity index (χ1n) is 10.5. The molecule has 1 aliphatic rings. The lowest BCUT2D eigenvalue weighted by Gasteiger charge is -2.52. The van der Waals surface area contributed by atoms with Gasteiger partial charge in [0.2, 0.25) is 0 Å².